The number of alkyl carbamates (subject to hydrolysis) is 1. The number of ether oxygens (including phenoxy) is 2. The number of carbonyl (C=O) groups is 2. The number of carbonyl (C=O) groups excluding carboxylic acids is 2. The molecule has 130 valence electrons. The zero-order valence-electron chi connectivity index (χ0n) is 14.5. The Morgan fingerprint density at radius 1 is 1.17 bits per heavy atom. The van der Waals surface area contributed by atoms with Gasteiger partial charge in [-0.2, -0.15) is 0 Å². The molecule has 1 aromatic rings. The molecular weight excluding hydrogens is 306 g/mol. The second-order valence-electron chi connectivity index (χ2n) is 8.09. The Bertz CT molecular complexity index is 603. The van der Waals surface area contributed by atoms with Gasteiger partial charge in [0, 0.05) is 11.6 Å². The fourth-order valence-corrected chi connectivity index (χ4v) is 3.70. The summed E-state index contributed by atoms with van der Waals surface area (Å²) in [5.74, 6) is 0.809. The summed E-state index contributed by atoms with van der Waals surface area (Å²) in [5, 5.41) is 2.94. The van der Waals surface area contributed by atoms with Gasteiger partial charge in [0.1, 0.15) is 17.6 Å². The van der Waals surface area contributed by atoms with Gasteiger partial charge in [-0.3, -0.25) is 4.79 Å². The van der Waals surface area contributed by atoms with Gasteiger partial charge in [-0.1, -0.05) is 0 Å². The Morgan fingerprint density at radius 2 is 1.79 bits per heavy atom. The van der Waals surface area contributed by atoms with E-state index in [4.69, 9.17) is 9.47 Å². The van der Waals surface area contributed by atoms with Gasteiger partial charge in [-0.25, -0.2) is 4.79 Å². The molecule has 1 spiro atoms. The Hall–Kier alpha value is -2.04. The molecule has 1 amide bonds. The predicted octanol–water partition coefficient (Wildman–Crippen LogP) is 3.71. The number of hydrogen-bond donors (Lipinski definition) is 1. The lowest BCUT2D eigenvalue weighted by atomic mass is 9.53. The minimum Gasteiger partial charge on any atom is -0.490 e. The zero-order valence-corrected chi connectivity index (χ0v) is 14.5. The summed E-state index contributed by atoms with van der Waals surface area (Å²) >= 11 is 0. The molecule has 5 heteroatoms. The smallest absolute Gasteiger partial charge is 0.407 e. The van der Waals surface area contributed by atoms with Crippen LogP contribution in [0, 0.1) is 5.41 Å². The zero-order chi connectivity index (χ0) is 17.4. The standard InChI is InChI=1S/C19H25NO4/c1-18(2,3)24-17(22)20-14-8-19(9-14)10-16(11-19)23-15-6-4-13(12-21)5-7-15/h4-7,12,14,16H,8-11H2,1-3H3,(H,20,22). The molecule has 2 fully saturated rings. The second-order valence-corrected chi connectivity index (χ2v) is 8.09. The lowest BCUT2D eigenvalue weighted by Gasteiger charge is -2.57. The fraction of sp³-hybridized carbons (Fsp3) is 0.579. The molecule has 0 heterocycles. The summed E-state index contributed by atoms with van der Waals surface area (Å²) in [6, 6.07) is 7.42. The Morgan fingerprint density at radius 3 is 2.33 bits per heavy atom. The van der Waals surface area contributed by atoms with Gasteiger partial charge in [0.05, 0.1) is 6.10 Å². The van der Waals surface area contributed by atoms with Gasteiger partial charge in [0.25, 0.3) is 0 Å². The van der Waals surface area contributed by atoms with E-state index in [2.05, 4.69) is 5.32 Å². The van der Waals surface area contributed by atoms with Crippen LogP contribution in [0.1, 0.15) is 56.8 Å². The number of benzene rings is 1. The average Bonchev–Trinajstić information content (AvgIpc) is 2.41. The number of rotatable bonds is 4. The van der Waals surface area contributed by atoms with Crippen molar-refractivity contribution in [1.82, 2.24) is 5.32 Å². The lowest BCUT2D eigenvalue weighted by Crippen LogP contribution is -2.59. The first-order valence-electron chi connectivity index (χ1n) is 8.48. The molecule has 0 atom stereocenters. The van der Waals surface area contributed by atoms with Crippen molar-refractivity contribution < 1.29 is 19.1 Å². The van der Waals surface area contributed by atoms with E-state index in [1.54, 1.807) is 12.1 Å². The molecule has 5 nitrogen and oxygen atoms in total. The second kappa shape index (κ2) is 6.11. The molecule has 0 aliphatic heterocycles. The minimum atomic E-state index is -0.458. The summed E-state index contributed by atoms with van der Waals surface area (Å²) in [4.78, 5) is 22.4. The normalized spacial score (nSPS) is 28.5. The number of nitrogens with one attached hydrogen (secondary N) is 1. The van der Waals surface area contributed by atoms with Gasteiger partial charge in [0.2, 0.25) is 0 Å². The molecule has 0 aromatic heterocycles. The highest BCUT2D eigenvalue weighted by Crippen LogP contribution is 2.56. The Kier molecular flexibility index (Phi) is 4.28. The van der Waals surface area contributed by atoms with E-state index in [0.29, 0.717) is 11.0 Å². The molecule has 3 rings (SSSR count). The van der Waals surface area contributed by atoms with E-state index >= 15 is 0 Å². The van der Waals surface area contributed by atoms with E-state index < -0.39 is 5.60 Å². The summed E-state index contributed by atoms with van der Waals surface area (Å²) in [7, 11) is 0. The van der Waals surface area contributed by atoms with E-state index in [-0.39, 0.29) is 18.2 Å². The van der Waals surface area contributed by atoms with Crippen LogP contribution < -0.4 is 10.1 Å². The van der Waals surface area contributed by atoms with Gasteiger partial charge < -0.3 is 14.8 Å². The Labute approximate surface area is 142 Å². The maximum Gasteiger partial charge on any atom is 0.407 e. The van der Waals surface area contributed by atoms with Crippen LogP contribution in [-0.4, -0.2) is 30.1 Å². The molecule has 0 bridgehead atoms. The molecule has 1 N–H and O–H groups in total. The summed E-state index contributed by atoms with van der Waals surface area (Å²) in [6.45, 7) is 5.60. The van der Waals surface area contributed by atoms with Crippen molar-refractivity contribution in [2.45, 2.75) is 64.2 Å². The maximum atomic E-state index is 11.8. The van der Waals surface area contributed by atoms with Crippen molar-refractivity contribution in [3.05, 3.63) is 29.8 Å². The number of aldehydes is 1. The van der Waals surface area contributed by atoms with E-state index in [0.717, 1.165) is 37.7 Å². The summed E-state index contributed by atoms with van der Waals surface area (Å²) in [6.07, 6.45) is 4.77. The minimum absolute atomic E-state index is 0.215. The first-order chi connectivity index (χ1) is 11.3. The third kappa shape index (κ3) is 3.89. The van der Waals surface area contributed by atoms with Crippen molar-refractivity contribution in [3.8, 4) is 5.75 Å². The summed E-state index contributed by atoms with van der Waals surface area (Å²) < 4.78 is 11.2. The SMILES string of the molecule is CC(C)(C)OC(=O)NC1CC2(C1)CC(Oc1ccc(C=O)cc1)C2. The van der Waals surface area contributed by atoms with Crippen molar-refractivity contribution in [1.29, 1.82) is 0 Å². The van der Waals surface area contributed by atoms with Crippen LogP contribution in [0.4, 0.5) is 4.79 Å². The highest BCUT2D eigenvalue weighted by Gasteiger charge is 2.54. The molecule has 0 unspecified atom stereocenters. The highest BCUT2D eigenvalue weighted by molar-refractivity contribution is 5.74. The molecule has 1 aromatic carbocycles. The van der Waals surface area contributed by atoms with Crippen LogP contribution in [0.3, 0.4) is 0 Å². The van der Waals surface area contributed by atoms with Crippen molar-refractivity contribution in [2.75, 3.05) is 0 Å². The van der Waals surface area contributed by atoms with Gasteiger partial charge in [-0.05, 0) is 76.1 Å². The molecule has 2 saturated carbocycles. The Balaban J connectivity index is 1.38. The van der Waals surface area contributed by atoms with Crippen LogP contribution in [0.15, 0.2) is 24.3 Å². The predicted molar refractivity (Wildman–Crippen MR) is 90.3 cm³/mol. The third-order valence-corrected chi connectivity index (χ3v) is 4.72. The van der Waals surface area contributed by atoms with Gasteiger partial charge in [0.15, 0.2) is 0 Å². The largest absolute Gasteiger partial charge is 0.490 e. The quantitative estimate of drug-likeness (QED) is 0.854. The van der Waals surface area contributed by atoms with Crippen molar-refractivity contribution in [3.63, 3.8) is 0 Å². The van der Waals surface area contributed by atoms with E-state index in [9.17, 15) is 9.59 Å². The van der Waals surface area contributed by atoms with Gasteiger partial charge in [-0.15, -0.1) is 0 Å². The van der Waals surface area contributed by atoms with Crippen LogP contribution in [0.5, 0.6) is 5.75 Å². The van der Waals surface area contributed by atoms with Crippen LogP contribution >= 0.6 is 0 Å². The first kappa shape index (κ1) is 16.8. The van der Waals surface area contributed by atoms with Crippen LogP contribution in [0.2, 0.25) is 0 Å². The molecular formula is C19H25NO4. The van der Waals surface area contributed by atoms with Crippen LogP contribution in [-0.2, 0) is 4.74 Å². The topological polar surface area (TPSA) is 64.6 Å². The van der Waals surface area contributed by atoms with Crippen LogP contribution in [0.25, 0.3) is 0 Å². The summed E-state index contributed by atoms with van der Waals surface area (Å²) in [5.41, 5.74) is 0.524. The molecule has 0 saturated heterocycles. The average molecular weight is 331 g/mol. The number of hydrogen-bond acceptors (Lipinski definition) is 4. The molecule has 2 aliphatic rings. The monoisotopic (exact) mass is 331 g/mol. The molecule has 0 radical (unpaired) electrons. The number of amides is 1. The maximum absolute atomic E-state index is 11.8. The third-order valence-electron chi connectivity index (χ3n) is 4.72. The highest BCUT2D eigenvalue weighted by atomic mass is 16.6. The molecule has 24 heavy (non-hydrogen) atoms. The van der Waals surface area contributed by atoms with E-state index in [1.165, 1.54) is 0 Å². The fourth-order valence-electron chi connectivity index (χ4n) is 3.70. The van der Waals surface area contributed by atoms with E-state index in [1.807, 2.05) is 32.9 Å². The van der Waals surface area contributed by atoms with Crippen molar-refractivity contribution >= 4 is 12.4 Å². The lowest BCUT2D eigenvalue weighted by molar-refractivity contribution is -0.0853. The van der Waals surface area contributed by atoms with Crippen molar-refractivity contribution in [2.24, 2.45) is 5.41 Å². The van der Waals surface area contributed by atoms with Gasteiger partial charge >= 0.3 is 6.09 Å². The first-order valence-corrected chi connectivity index (χ1v) is 8.48. The molecule has 2 aliphatic carbocycles.